The van der Waals surface area contributed by atoms with Crippen LogP contribution in [-0.2, 0) is 16.0 Å². The van der Waals surface area contributed by atoms with Gasteiger partial charge < -0.3 is 9.47 Å². The zero-order valence-corrected chi connectivity index (χ0v) is 14.7. The maximum Gasteiger partial charge on any atom is 0.0959 e. The predicted molar refractivity (Wildman–Crippen MR) is 97.4 cm³/mol. The highest BCUT2D eigenvalue weighted by Crippen LogP contribution is 2.37. The fourth-order valence-electron chi connectivity index (χ4n) is 4.21. The van der Waals surface area contributed by atoms with Crippen LogP contribution in [0.1, 0.15) is 31.4 Å². The van der Waals surface area contributed by atoms with Gasteiger partial charge in [0.25, 0.3) is 0 Å². The van der Waals surface area contributed by atoms with E-state index in [0.29, 0.717) is 6.10 Å². The summed E-state index contributed by atoms with van der Waals surface area (Å²) >= 11 is 0. The maximum absolute atomic E-state index is 6.15. The van der Waals surface area contributed by atoms with Gasteiger partial charge in [-0.3, -0.25) is 9.88 Å². The number of aromatic nitrogens is 1. The van der Waals surface area contributed by atoms with E-state index >= 15 is 0 Å². The number of likely N-dealkylation sites (tertiary alicyclic amines) is 1. The summed E-state index contributed by atoms with van der Waals surface area (Å²) in [6.45, 7) is 4.72. The molecule has 0 bridgehead atoms. The van der Waals surface area contributed by atoms with E-state index in [9.17, 15) is 0 Å². The van der Waals surface area contributed by atoms with Gasteiger partial charge in [-0.2, -0.15) is 0 Å². The van der Waals surface area contributed by atoms with E-state index in [2.05, 4.69) is 41.3 Å². The van der Waals surface area contributed by atoms with Crippen molar-refractivity contribution >= 4 is 10.9 Å². The standard InChI is InChI=1S/C21H26N2O2/c1-2-4-20-17(3-1)7-8-18(22-20)12-23-14-21(15-23)11-19(9-10-25-21)24-13-16-5-6-16/h1-4,7-8,16,19H,5-6,9-15H2. The first kappa shape index (κ1) is 15.7. The molecule has 1 aliphatic carbocycles. The van der Waals surface area contributed by atoms with Crippen LogP contribution in [0.3, 0.4) is 0 Å². The van der Waals surface area contributed by atoms with Crippen molar-refractivity contribution < 1.29 is 9.47 Å². The number of ether oxygens (including phenoxy) is 2. The van der Waals surface area contributed by atoms with Gasteiger partial charge in [-0.15, -0.1) is 0 Å². The fraction of sp³-hybridized carbons (Fsp3) is 0.571. The smallest absolute Gasteiger partial charge is 0.0959 e. The van der Waals surface area contributed by atoms with Gasteiger partial charge in [0, 0.05) is 44.7 Å². The van der Waals surface area contributed by atoms with Gasteiger partial charge in [-0.05, 0) is 37.3 Å². The van der Waals surface area contributed by atoms with E-state index in [0.717, 1.165) is 62.8 Å². The quantitative estimate of drug-likeness (QED) is 0.837. The number of hydrogen-bond acceptors (Lipinski definition) is 4. The molecular weight excluding hydrogens is 312 g/mol. The average molecular weight is 338 g/mol. The number of pyridine rings is 1. The Morgan fingerprint density at radius 3 is 2.88 bits per heavy atom. The molecule has 3 fully saturated rings. The van der Waals surface area contributed by atoms with Crippen LogP contribution in [0.2, 0.25) is 0 Å². The molecule has 2 aromatic rings. The van der Waals surface area contributed by atoms with E-state index in [4.69, 9.17) is 14.5 Å². The Kier molecular flexibility index (Phi) is 4.00. The summed E-state index contributed by atoms with van der Waals surface area (Å²) in [5.74, 6) is 0.843. The summed E-state index contributed by atoms with van der Waals surface area (Å²) in [7, 11) is 0. The molecule has 0 N–H and O–H groups in total. The Morgan fingerprint density at radius 1 is 1.12 bits per heavy atom. The van der Waals surface area contributed by atoms with Crippen molar-refractivity contribution in [1.29, 1.82) is 0 Å². The van der Waals surface area contributed by atoms with E-state index < -0.39 is 0 Å². The second kappa shape index (κ2) is 6.35. The largest absolute Gasteiger partial charge is 0.378 e. The van der Waals surface area contributed by atoms with Crippen LogP contribution in [0.4, 0.5) is 0 Å². The molecule has 25 heavy (non-hydrogen) atoms. The lowest BCUT2D eigenvalue weighted by Gasteiger charge is -2.53. The van der Waals surface area contributed by atoms with Gasteiger partial charge in [0.1, 0.15) is 0 Å². The van der Waals surface area contributed by atoms with Crippen LogP contribution < -0.4 is 0 Å². The molecule has 4 nitrogen and oxygen atoms in total. The van der Waals surface area contributed by atoms with E-state index in [1.165, 1.54) is 18.2 Å². The van der Waals surface area contributed by atoms with Gasteiger partial charge in [0.2, 0.25) is 0 Å². The van der Waals surface area contributed by atoms with Crippen molar-refractivity contribution in [2.75, 3.05) is 26.3 Å². The van der Waals surface area contributed by atoms with E-state index in [1.54, 1.807) is 0 Å². The first-order valence-corrected chi connectivity index (χ1v) is 9.61. The molecule has 2 aliphatic heterocycles. The maximum atomic E-state index is 6.15. The normalized spacial score (nSPS) is 26.0. The number of fused-ring (bicyclic) bond motifs is 1. The lowest BCUT2D eigenvalue weighted by molar-refractivity contribution is -0.199. The Morgan fingerprint density at radius 2 is 2.00 bits per heavy atom. The van der Waals surface area contributed by atoms with Gasteiger partial charge in [-0.1, -0.05) is 24.3 Å². The lowest BCUT2D eigenvalue weighted by atomic mass is 9.84. The number of para-hydroxylation sites is 1. The van der Waals surface area contributed by atoms with Crippen molar-refractivity contribution in [2.24, 2.45) is 5.92 Å². The van der Waals surface area contributed by atoms with Gasteiger partial charge in [0.05, 0.1) is 22.9 Å². The van der Waals surface area contributed by atoms with E-state index in [1.807, 2.05) is 0 Å². The van der Waals surface area contributed by atoms with Gasteiger partial charge in [-0.25, -0.2) is 0 Å². The number of hydrogen-bond donors (Lipinski definition) is 0. The molecular formula is C21H26N2O2. The number of benzene rings is 1. The molecule has 5 rings (SSSR count). The Bertz CT molecular complexity index is 752. The molecule has 3 aliphatic rings. The summed E-state index contributed by atoms with van der Waals surface area (Å²) in [5, 5.41) is 1.21. The minimum Gasteiger partial charge on any atom is -0.378 e. The topological polar surface area (TPSA) is 34.6 Å². The van der Waals surface area contributed by atoms with Crippen LogP contribution in [0.15, 0.2) is 36.4 Å². The highest BCUT2D eigenvalue weighted by atomic mass is 16.5. The van der Waals surface area contributed by atoms with Crippen molar-refractivity contribution in [1.82, 2.24) is 9.88 Å². The predicted octanol–water partition coefficient (Wildman–Crippen LogP) is 3.39. The molecule has 1 aromatic carbocycles. The van der Waals surface area contributed by atoms with Crippen LogP contribution in [0.5, 0.6) is 0 Å². The molecule has 0 radical (unpaired) electrons. The van der Waals surface area contributed by atoms with Gasteiger partial charge >= 0.3 is 0 Å². The monoisotopic (exact) mass is 338 g/mol. The second-order valence-electron chi connectivity index (χ2n) is 8.06. The molecule has 132 valence electrons. The van der Waals surface area contributed by atoms with Crippen LogP contribution in [-0.4, -0.2) is 47.9 Å². The summed E-state index contributed by atoms with van der Waals surface area (Å²) in [6, 6.07) is 12.6. The van der Waals surface area contributed by atoms with E-state index in [-0.39, 0.29) is 5.60 Å². The summed E-state index contributed by atoms with van der Waals surface area (Å²) in [4.78, 5) is 7.24. The zero-order valence-electron chi connectivity index (χ0n) is 14.7. The van der Waals surface area contributed by atoms with Crippen LogP contribution in [0.25, 0.3) is 10.9 Å². The third kappa shape index (κ3) is 3.43. The average Bonchev–Trinajstić information content (AvgIpc) is 3.43. The van der Waals surface area contributed by atoms with Crippen LogP contribution >= 0.6 is 0 Å². The molecule has 1 aromatic heterocycles. The number of rotatable bonds is 5. The molecule has 1 atom stereocenters. The summed E-state index contributed by atoms with van der Waals surface area (Å²) < 4.78 is 12.3. The SMILES string of the molecule is c1ccc2nc(CN3CC4(CC(OCC5CC5)CCO4)C3)ccc2c1. The summed E-state index contributed by atoms with van der Waals surface area (Å²) in [5.41, 5.74) is 2.26. The molecule has 0 amide bonds. The lowest BCUT2D eigenvalue weighted by Crippen LogP contribution is -2.65. The van der Waals surface area contributed by atoms with Gasteiger partial charge in [0.15, 0.2) is 0 Å². The minimum atomic E-state index is 0.0311. The first-order chi connectivity index (χ1) is 12.3. The highest BCUT2D eigenvalue weighted by molar-refractivity contribution is 5.78. The fourth-order valence-corrected chi connectivity index (χ4v) is 4.21. The van der Waals surface area contributed by atoms with Crippen LogP contribution in [0, 0.1) is 5.92 Å². The number of nitrogens with zero attached hydrogens (tertiary/aromatic N) is 2. The third-order valence-corrected chi connectivity index (χ3v) is 5.78. The van der Waals surface area contributed by atoms with Crippen molar-refractivity contribution in [3.05, 3.63) is 42.1 Å². The molecule has 4 heteroatoms. The molecule has 1 spiro atoms. The first-order valence-electron chi connectivity index (χ1n) is 9.61. The third-order valence-electron chi connectivity index (χ3n) is 5.78. The van der Waals surface area contributed by atoms with Crippen molar-refractivity contribution in [2.45, 2.75) is 43.9 Å². The Labute approximate surface area is 149 Å². The molecule has 3 heterocycles. The van der Waals surface area contributed by atoms with Crippen molar-refractivity contribution in [3.63, 3.8) is 0 Å². The second-order valence-corrected chi connectivity index (χ2v) is 8.06. The molecule has 2 saturated heterocycles. The summed E-state index contributed by atoms with van der Waals surface area (Å²) in [6.07, 6.45) is 5.24. The molecule has 1 saturated carbocycles. The molecule has 1 unspecified atom stereocenters. The Balaban J connectivity index is 1.17. The highest BCUT2D eigenvalue weighted by Gasteiger charge is 2.47. The zero-order chi connectivity index (χ0) is 16.7. The Hall–Kier alpha value is -1.49. The van der Waals surface area contributed by atoms with Crippen molar-refractivity contribution in [3.8, 4) is 0 Å². The minimum absolute atomic E-state index is 0.0311.